The Bertz CT molecular complexity index is 1610. The molecule has 0 bridgehead atoms. The number of carbonyl (C=O) groups excluding carboxylic acids is 1. The van der Waals surface area contributed by atoms with E-state index in [4.69, 9.17) is 27.7 Å². The van der Waals surface area contributed by atoms with Gasteiger partial charge in [-0.2, -0.15) is 0 Å². The number of ether oxygens (including phenoxy) is 2. The van der Waals surface area contributed by atoms with Crippen molar-refractivity contribution >= 4 is 48.1 Å². The Morgan fingerprint density at radius 2 is 1.38 bits per heavy atom. The van der Waals surface area contributed by atoms with Crippen LogP contribution in [0.2, 0.25) is 54.4 Å². The maximum Gasteiger partial charge on any atom is 0.192 e. The van der Waals surface area contributed by atoms with Crippen LogP contribution in [0.1, 0.15) is 161 Å². The fourth-order valence-corrected chi connectivity index (χ4v) is 12.5. The van der Waals surface area contributed by atoms with Crippen molar-refractivity contribution in [3.63, 3.8) is 0 Å². The predicted molar refractivity (Wildman–Crippen MR) is 266 cm³/mol. The van der Waals surface area contributed by atoms with Crippen LogP contribution in [-0.2, 0) is 27.5 Å². The van der Waals surface area contributed by atoms with Crippen LogP contribution in [-0.4, -0.2) is 71.5 Å². The second-order valence-corrected chi connectivity index (χ2v) is 39.5. The molecule has 1 fully saturated rings. The molecule has 0 aliphatic carbocycles. The summed E-state index contributed by atoms with van der Waals surface area (Å²) < 4.78 is 35.2. The van der Waals surface area contributed by atoms with E-state index < -0.39 is 41.8 Å². The third-order valence-electron chi connectivity index (χ3n) is 14.9. The van der Waals surface area contributed by atoms with E-state index in [9.17, 15) is 4.79 Å². The van der Waals surface area contributed by atoms with E-state index in [1.54, 1.807) is 11.3 Å². The van der Waals surface area contributed by atoms with Crippen LogP contribution in [0.5, 0.6) is 0 Å². The molecule has 1 aliphatic rings. The summed E-state index contributed by atoms with van der Waals surface area (Å²) in [7, 11) is -6.59. The number of rotatable bonds is 21. The van der Waals surface area contributed by atoms with Gasteiger partial charge >= 0.3 is 0 Å². The number of hydrogen-bond acceptors (Lipinski definition) is 8. The quantitative estimate of drug-likeness (QED) is 0.0898. The minimum atomic E-state index is -2.26. The molecule has 2 rings (SSSR count). The van der Waals surface area contributed by atoms with Gasteiger partial charge in [0.05, 0.1) is 40.7 Å². The van der Waals surface area contributed by atoms with Crippen molar-refractivity contribution in [2.45, 2.75) is 247 Å². The van der Waals surface area contributed by atoms with E-state index in [0.29, 0.717) is 12.8 Å². The van der Waals surface area contributed by atoms with E-state index in [1.807, 2.05) is 26.8 Å². The normalized spacial score (nSPS) is 22.7. The minimum absolute atomic E-state index is 0.00466. The summed E-state index contributed by atoms with van der Waals surface area (Å²) in [4.78, 5) is 19.7. The Morgan fingerprint density at radius 3 is 1.85 bits per heavy atom. The molecule has 348 valence electrons. The molecular weight excluding hydrogens is 815 g/mol. The third kappa shape index (κ3) is 14.1. The Hall–Kier alpha value is -0.769. The topological polar surface area (TPSA) is 76.1 Å². The largest absolute Gasteiger partial charge is 0.413 e. The first-order chi connectivity index (χ1) is 26.7. The van der Waals surface area contributed by atoms with Crippen LogP contribution in [0.25, 0.3) is 6.08 Å². The van der Waals surface area contributed by atoms with Gasteiger partial charge in [-0.05, 0) is 126 Å². The highest BCUT2D eigenvalue weighted by Crippen LogP contribution is 2.47. The summed E-state index contributed by atoms with van der Waals surface area (Å²) in [6.07, 6.45) is 7.21. The van der Waals surface area contributed by atoms with Gasteiger partial charge in [0, 0.05) is 23.1 Å². The highest BCUT2D eigenvalue weighted by Gasteiger charge is 2.53. The Balaban J connectivity index is 2.47. The molecule has 0 amide bonds. The zero-order valence-corrected chi connectivity index (χ0v) is 47.1. The molecule has 0 aromatic carbocycles. The van der Waals surface area contributed by atoms with E-state index in [2.05, 4.69) is 161 Å². The molecule has 0 spiro atoms. The van der Waals surface area contributed by atoms with Crippen LogP contribution in [0.3, 0.4) is 0 Å². The van der Waals surface area contributed by atoms with Crippen molar-refractivity contribution in [2.24, 2.45) is 17.3 Å². The summed E-state index contributed by atoms with van der Waals surface area (Å²) in [5.41, 5.74) is 0.872. The second-order valence-electron chi connectivity index (χ2n) is 24.2. The minimum Gasteiger partial charge on any atom is -0.413 e. The summed E-state index contributed by atoms with van der Waals surface area (Å²) in [6, 6.07) is 0. The Morgan fingerprint density at radius 1 is 0.883 bits per heavy atom. The number of aryl methyl sites for hydroxylation is 1. The summed E-state index contributed by atoms with van der Waals surface area (Å²) in [6.45, 7) is 57.4. The lowest BCUT2D eigenvalue weighted by atomic mass is 9.73. The van der Waals surface area contributed by atoms with Gasteiger partial charge in [0.25, 0.3) is 0 Å². The first kappa shape index (κ1) is 55.4. The molecule has 0 saturated carbocycles. The van der Waals surface area contributed by atoms with E-state index in [1.165, 1.54) is 0 Å². The molecule has 7 nitrogen and oxygen atoms in total. The van der Waals surface area contributed by atoms with Gasteiger partial charge in [0.1, 0.15) is 5.78 Å². The van der Waals surface area contributed by atoms with Crippen LogP contribution < -0.4 is 0 Å². The lowest BCUT2D eigenvalue weighted by Gasteiger charge is -2.46. The van der Waals surface area contributed by atoms with Crippen molar-refractivity contribution in [2.75, 3.05) is 0 Å². The van der Waals surface area contributed by atoms with Crippen LogP contribution >= 0.6 is 11.3 Å². The molecule has 1 aliphatic heterocycles. The molecule has 0 radical (unpaired) electrons. The lowest BCUT2D eigenvalue weighted by molar-refractivity contribution is -0.162. The molecule has 1 aromatic heterocycles. The smallest absolute Gasteiger partial charge is 0.192 e. The van der Waals surface area contributed by atoms with Crippen molar-refractivity contribution in [1.29, 1.82) is 0 Å². The SMILES string of the molecule is C=CC[C@H](O[Si](C)(C)C(C)(C)C)C(C)(C)C(=O)[C@H](C)[C@@H](O[Si](C)(C)C(C)(C)C)[C@@H](C)CCC[C@@]1(C)OC(C)(C)O[C@@H]1C[C@H](O[Si](C)(C)C(C)(C)C)/C(C)=C/c1csc(C)n1. The predicted octanol–water partition coefficient (Wildman–Crippen LogP) is 14.9. The molecule has 11 heteroatoms. The van der Waals surface area contributed by atoms with E-state index in [-0.39, 0.29) is 57.1 Å². The van der Waals surface area contributed by atoms with Crippen molar-refractivity contribution in [3.8, 4) is 0 Å². The van der Waals surface area contributed by atoms with E-state index in [0.717, 1.165) is 35.5 Å². The highest BCUT2D eigenvalue weighted by molar-refractivity contribution is 7.09. The Kier molecular flexibility index (Phi) is 18.2. The summed E-state index contributed by atoms with van der Waals surface area (Å²) >= 11 is 1.67. The maximum atomic E-state index is 15.0. The molecular formula is C49H93NO6SSi3. The highest BCUT2D eigenvalue weighted by atomic mass is 32.1. The molecule has 1 aromatic rings. The lowest BCUT2D eigenvalue weighted by Crippen LogP contribution is -2.54. The standard InChI is InChI=1S/C49H93NO6SSi3/c1-26-28-40(54-59(22,23)45(9,10)11)47(15,16)43(51)36(4)42(55-60(24,25)46(12,13)14)34(2)29-27-30-49(19)41(52-48(17,18)56-49)32-39(53-58(20,21)44(6,7)8)35(3)31-38-33-57-37(5)50-38/h26,31,33-34,36,39-42H,1,27-30,32H2,2-25H3/b35-31+/t34-,36+,39-,40-,41+,42-,49+/m0/s1. The van der Waals surface area contributed by atoms with Gasteiger partial charge in [-0.3, -0.25) is 4.79 Å². The van der Waals surface area contributed by atoms with Crippen LogP contribution in [0.4, 0.5) is 0 Å². The average molecular weight is 909 g/mol. The van der Waals surface area contributed by atoms with Gasteiger partial charge in [-0.1, -0.05) is 103 Å². The fraction of sp³-hybridized carbons (Fsp3) is 0.837. The first-order valence-corrected chi connectivity index (χ1v) is 32.5. The first-order valence-electron chi connectivity index (χ1n) is 22.9. The van der Waals surface area contributed by atoms with Crippen LogP contribution in [0.15, 0.2) is 23.6 Å². The number of ketones is 1. The summed E-state index contributed by atoms with van der Waals surface area (Å²) in [5, 5.41) is 3.24. The van der Waals surface area contributed by atoms with Gasteiger partial charge in [0.15, 0.2) is 30.7 Å². The molecule has 0 unspecified atom stereocenters. The number of thiazole rings is 1. The fourth-order valence-electron chi connectivity index (χ4n) is 7.69. The number of hydrogen-bond donors (Lipinski definition) is 0. The zero-order valence-electron chi connectivity index (χ0n) is 43.2. The second kappa shape index (κ2) is 19.8. The van der Waals surface area contributed by atoms with Gasteiger partial charge in [0.2, 0.25) is 0 Å². The third-order valence-corrected chi connectivity index (χ3v) is 29.1. The number of nitrogens with zero attached hydrogens (tertiary/aromatic N) is 1. The Labute approximate surface area is 377 Å². The molecule has 1 saturated heterocycles. The van der Waals surface area contributed by atoms with Crippen molar-refractivity contribution < 1.29 is 27.5 Å². The average Bonchev–Trinajstić information content (AvgIpc) is 3.57. The monoisotopic (exact) mass is 908 g/mol. The molecule has 60 heavy (non-hydrogen) atoms. The van der Waals surface area contributed by atoms with Gasteiger partial charge < -0.3 is 22.8 Å². The maximum absolute atomic E-state index is 15.0. The number of Topliss-reactive ketones (excluding diaryl/α,β-unsaturated/α-hetero) is 1. The zero-order chi connectivity index (χ0) is 46.9. The van der Waals surface area contributed by atoms with Crippen molar-refractivity contribution in [1.82, 2.24) is 4.98 Å². The van der Waals surface area contributed by atoms with Gasteiger partial charge in [-0.15, -0.1) is 17.9 Å². The van der Waals surface area contributed by atoms with Gasteiger partial charge in [-0.25, -0.2) is 4.98 Å². The van der Waals surface area contributed by atoms with E-state index >= 15 is 0 Å². The number of aromatic nitrogens is 1. The molecule has 0 N–H and O–H groups in total. The number of carbonyl (C=O) groups is 1. The summed E-state index contributed by atoms with van der Waals surface area (Å²) in [5.74, 6) is -0.719. The molecule has 2 heterocycles. The molecule has 7 atom stereocenters. The van der Waals surface area contributed by atoms with Crippen LogP contribution in [0, 0.1) is 24.2 Å². The van der Waals surface area contributed by atoms with Crippen molar-refractivity contribution in [3.05, 3.63) is 34.3 Å².